The molecule has 0 spiro atoms. The molecule has 1 aliphatic rings. The highest BCUT2D eigenvalue weighted by molar-refractivity contribution is 5.48. The van der Waals surface area contributed by atoms with E-state index in [0.29, 0.717) is 12.2 Å². The van der Waals surface area contributed by atoms with Crippen molar-refractivity contribution in [3.63, 3.8) is 0 Å². The van der Waals surface area contributed by atoms with Crippen LogP contribution in [0.15, 0.2) is 18.2 Å². The molecule has 7 nitrogen and oxygen atoms in total. The average Bonchev–Trinajstić information content (AvgIpc) is 2.38. The molecule has 1 aliphatic carbocycles. The van der Waals surface area contributed by atoms with Crippen LogP contribution in [0.5, 0.6) is 11.5 Å². The lowest BCUT2D eigenvalue weighted by Crippen LogP contribution is -2.54. The van der Waals surface area contributed by atoms with Crippen LogP contribution in [-0.2, 0) is 4.74 Å². The molecule has 0 radical (unpaired) electrons. The lowest BCUT2D eigenvalue weighted by atomic mass is 9.88. The summed E-state index contributed by atoms with van der Waals surface area (Å²) < 4.78 is 15.8. The number of methoxy groups -OCH3 is 2. The highest BCUT2D eigenvalue weighted by Crippen LogP contribution is 2.35. The SMILES string of the molecule is COc1cc([N+](=O)[O-])ccc1OC1CC(O)C1OC. The van der Waals surface area contributed by atoms with E-state index >= 15 is 0 Å². The van der Waals surface area contributed by atoms with Gasteiger partial charge in [-0.25, -0.2) is 0 Å². The smallest absolute Gasteiger partial charge is 0.273 e. The standard InChI is InChI=1S/C12H15NO6/c1-17-10-5-7(13(15)16)3-4-9(10)19-11-6-8(14)12(11)18-2/h3-5,8,11-12,14H,6H2,1-2H3. The Balaban J connectivity index is 2.14. The van der Waals surface area contributed by atoms with Crippen LogP contribution < -0.4 is 9.47 Å². The largest absolute Gasteiger partial charge is 0.493 e. The highest BCUT2D eigenvalue weighted by atomic mass is 16.6. The Morgan fingerprint density at radius 1 is 1.37 bits per heavy atom. The van der Waals surface area contributed by atoms with E-state index < -0.39 is 11.0 Å². The summed E-state index contributed by atoms with van der Waals surface area (Å²) in [6.07, 6.45) is -0.757. The lowest BCUT2D eigenvalue weighted by molar-refractivity contribution is -0.385. The first-order valence-electron chi connectivity index (χ1n) is 5.76. The molecular formula is C12H15NO6. The molecule has 19 heavy (non-hydrogen) atoms. The van der Waals surface area contributed by atoms with Gasteiger partial charge in [0, 0.05) is 19.6 Å². The van der Waals surface area contributed by atoms with Gasteiger partial charge in [-0.2, -0.15) is 0 Å². The van der Waals surface area contributed by atoms with Crippen molar-refractivity contribution >= 4 is 5.69 Å². The van der Waals surface area contributed by atoms with Gasteiger partial charge < -0.3 is 19.3 Å². The molecule has 104 valence electrons. The Morgan fingerprint density at radius 3 is 2.63 bits per heavy atom. The number of benzene rings is 1. The molecule has 0 heterocycles. The maximum absolute atomic E-state index is 10.7. The number of hydrogen-bond donors (Lipinski definition) is 1. The van der Waals surface area contributed by atoms with Crippen LogP contribution >= 0.6 is 0 Å². The maximum atomic E-state index is 10.7. The van der Waals surface area contributed by atoms with Gasteiger partial charge in [-0.3, -0.25) is 10.1 Å². The van der Waals surface area contributed by atoms with E-state index in [1.54, 1.807) is 0 Å². The number of non-ortho nitro benzene ring substituents is 1. The van der Waals surface area contributed by atoms with Gasteiger partial charge >= 0.3 is 0 Å². The van der Waals surface area contributed by atoms with Crippen LogP contribution in [0, 0.1) is 10.1 Å². The van der Waals surface area contributed by atoms with E-state index in [-0.39, 0.29) is 23.6 Å². The first-order chi connectivity index (χ1) is 9.06. The third kappa shape index (κ3) is 2.61. The second-order valence-corrected chi connectivity index (χ2v) is 4.25. The third-order valence-corrected chi connectivity index (χ3v) is 3.13. The second kappa shape index (κ2) is 5.41. The summed E-state index contributed by atoms with van der Waals surface area (Å²) in [6, 6.07) is 4.12. The fourth-order valence-electron chi connectivity index (χ4n) is 2.01. The van der Waals surface area contributed by atoms with Crippen molar-refractivity contribution in [3.8, 4) is 11.5 Å². The zero-order chi connectivity index (χ0) is 14.0. The summed E-state index contributed by atoms with van der Waals surface area (Å²) in [5, 5.41) is 20.1. The summed E-state index contributed by atoms with van der Waals surface area (Å²) in [5.74, 6) is 0.678. The number of nitro benzene ring substituents is 1. The highest BCUT2D eigenvalue weighted by Gasteiger charge is 2.42. The van der Waals surface area contributed by atoms with Gasteiger partial charge in [0.05, 0.1) is 24.2 Å². The predicted octanol–water partition coefficient (Wildman–Crippen LogP) is 1.13. The van der Waals surface area contributed by atoms with Gasteiger partial charge in [-0.15, -0.1) is 0 Å². The minimum absolute atomic E-state index is 0.0684. The Bertz CT molecular complexity index is 477. The molecule has 3 atom stereocenters. The van der Waals surface area contributed by atoms with Crippen LogP contribution in [-0.4, -0.2) is 42.6 Å². The fraction of sp³-hybridized carbons (Fsp3) is 0.500. The Kier molecular flexibility index (Phi) is 3.87. The van der Waals surface area contributed by atoms with Gasteiger partial charge in [0.15, 0.2) is 11.5 Å². The normalized spacial score (nSPS) is 25.5. The van der Waals surface area contributed by atoms with Crippen molar-refractivity contribution in [1.82, 2.24) is 0 Å². The Hall–Kier alpha value is -1.86. The first-order valence-corrected chi connectivity index (χ1v) is 5.76. The van der Waals surface area contributed by atoms with Crippen LogP contribution in [0.3, 0.4) is 0 Å². The van der Waals surface area contributed by atoms with Gasteiger partial charge in [0.2, 0.25) is 0 Å². The number of nitro groups is 1. The average molecular weight is 269 g/mol. The van der Waals surface area contributed by atoms with E-state index in [1.165, 1.54) is 32.4 Å². The summed E-state index contributed by atoms with van der Waals surface area (Å²) >= 11 is 0. The lowest BCUT2D eigenvalue weighted by Gasteiger charge is -2.40. The Morgan fingerprint density at radius 2 is 2.11 bits per heavy atom. The molecule has 1 N–H and O–H groups in total. The molecule has 0 aliphatic heterocycles. The van der Waals surface area contributed by atoms with Crippen molar-refractivity contribution in [2.24, 2.45) is 0 Å². The molecule has 1 fully saturated rings. The number of hydrogen-bond acceptors (Lipinski definition) is 6. The van der Waals surface area contributed by atoms with E-state index in [4.69, 9.17) is 14.2 Å². The van der Waals surface area contributed by atoms with E-state index in [1.807, 2.05) is 0 Å². The van der Waals surface area contributed by atoms with Gasteiger partial charge in [-0.1, -0.05) is 0 Å². The molecule has 1 aromatic carbocycles. The van der Waals surface area contributed by atoms with Crippen molar-refractivity contribution in [2.75, 3.05) is 14.2 Å². The second-order valence-electron chi connectivity index (χ2n) is 4.25. The fourth-order valence-corrected chi connectivity index (χ4v) is 2.01. The number of rotatable bonds is 5. The van der Waals surface area contributed by atoms with Gasteiger partial charge in [0.1, 0.15) is 12.2 Å². The summed E-state index contributed by atoms with van der Waals surface area (Å²) in [7, 11) is 2.91. The van der Waals surface area contributed by atoms with E-state index in [2.05, 4.69) is 0 Å². The molecule has 7 heteroatoms. The third-order valence-electron chi connectivity index (χ3n) is 3.13. The molecule has 0 aromatic heterocycles. The van der Waals surface area contributed by atoms with E-state index in [9.17, 15) is 15.2 Å². The van der Waals surface area contributed by atoms with Crippen LogP contribution in [0.4, 0.5) is 5.69 Å². The topological polar surface area (TPSA) is 91.1 Å². The number of nitrogens with zero attached hydrogens (tertiary/aromatic N) is 1. The van der Waals surface area contributed by atoms with E-state index in [0.717, 1.165) is 0 Å². The molecular weight excluding hydrogens is 254 g/mol. The monoisotopic (exact) mass is 269 g/mol. The van der Waals surface area contributed by atoms with Gasteiger partial charge in [-0.05, 0) is 6.07 Å². The van der Waals surface area contributed by atoms with Crippen LogP contribution in [0.25, 0.3) is 0 Å². The van der Waals surface area contributed by atoms with Crippen LogP contribution in [0.2, 0.25) is 0 Å². The molecule has 0 amide bonds. The van der Waals surface area contributed by atoms with Crippen molar-refractivity contribution in [3.05, 3.63) is 28.3 Å². The number of aliphatic hydroxyl groups excluding tert-OH is 1. The first kappa shape index (κ1) is 13.6. The summed E-state index contributed by atoms with van der Waals surface area (Å²) in [4.78, 5) is 10.2. The molecule has 0 saturated heterocycles. The molecule has 1 saturated carbocycles. The summed E-state index contributed by atoms with van der Waals surface area (Å²) in [5.41, 5.74) is -0.0684. The van der Waals surface area contributed by atoms with Crippen molar-refractivity contribution in [2.45, 2.75) is 24.7 Å². The van der Waals surface area contributed by atoms with Crippen LogP contribution in [0.1, 0.15) is 6.42 Å². The van der Waals surface area contributed by atoms with Gasteiger partial charge in [0.25, 0.3) is 5.69 Å². The molecule has 0 bridgehead atoms. The Labute approximate surface area is 109 Å². The summed E-state index contributed by atoms with van der Waals surface area (Å²) in [6.45, 7) is 0. The predicted molar refractivity (Wildman–Crippen MR) is 65.5 cm³/mol. The minimum Gasteiger partial charge on any atom is -0.493 e. The molecule has 1 aromatic rings. The minimum atomic E-state index is -0.543. The zero-order valence-electron chi connectivity index (χ0n) is 10.6. The quantitative estimate of drug-likeness (QED) is 0.636. The van der Waals surface area contributed by atoms with Crippen molar-refractivity contribution < 1.29 is 24.2 Å². The molecule has 2 rings (SSSR count). The molecule has 3 unspecified atom stereocenters. The van der Waals surface area contributed by atoms with Crippen molar-refractivity contribution in [1.29, 1.82) is 0 Å². The number of ether oxygens (including phenoxy) is 3. The zero-order valence-corrected chi connectivity index (χ0v) is 10.6. The number of aliphatic hydroxyl groups is 1. The maximum Gasteiger partial charge on any atom is 0.273 e.